The number of aryl methyl sites for hydroxylation is 1. The van der Waals surface area contributed by atoms with E-state index in [1.54, 1.807) is 35.5 Å². The van der Waals surface area contributed by atoms with Gasteiger partial charge in [-0.25, -0.2) is 13.8 Å². The molecule has 7 nitrogen and oxygen atoms in total. The first-order chi connectivity index (χ1) is 13.5. The molecule has 4 heterocycles. The van der Waals surface area contributed by atoms with Crippen molar-refractivity contribution in [1.29, 1.82) is 0 Å². The van der Waals surface area contributed by atoms with Crippen LogP contribution in [0.4, 0.5) is 14.6 Å². The second-order valence-corrected chi connectivity index (χ2v) is 6.48. The summed E-state index contributed by atoms with van der Waals surface area (Å²) in [6, 6.07) is 4.82. The van der Waals surface area contributed by atoms with Crippen LogP contribution in [-0.4, -0.2) is 39.1 Å². The molecule has 0 fully saturated rings. The van der Waals surface area contributed by atoms with Gasteiger partial charge in [0.25, 0.3) is 12.3 Å². The summed E-state index contributed by atoms with van der Waals surface area (Å²) in [5, 5.41) is 6.82. The molecule has 0 spiro atoms. The standard InChI is InChI=1S/C19H17F2N5O2/c1-10-5-14(12-6-13(8-22-7-12)28-9-15(20)21)24-18-11(2)26(19(27)17(10)18)16-3-4-23-25-16/h3-8,11,15H,9H2,1-2H3,(H,23,25). The van der Waals surface area contributed by atoms with Gasteiger partial charge in [0, 0.05) is 24.0 Å². The van der Waals surface area contributed by atoms with Crippen molar-refractivity contribution < 1.29 is 18.3 Å². The molecule has 1 N–H and O–H groups in total. The number of carbonyl (C=O) groups excluding carboxylic acids is 1. The number of hydrogen-bond acceptors (Lipinski definition) is 5. The SMILES string of the molecule is Cc1cc(-c2cncc(OCC(F)F)c2)nc2c1C(=O)N(c1cc[nH]n1)C2C. The minimum Gasteiger partial charge on any atom is -0.486 e. The summed E-state index contributed by atoms with van der Waals surface area (Å²) in [5.74, 6) is 0.610. The van der Waals surface area contributed by atoms with Crippen LogP contribution in [0.15, 0.2) is 36.8 Å². The second kappa shape index (κ2) is 6.99. The highest BCUT2D eigenvalue weighted by Crippen LogP contribution is 2.38. The third-order valence-electron chi connectivity index (χ3n) is 4.58. The molecule has 0 saturated heterocycles. The van der Waals surface area contributed by atoms with Gasteiger partial charge in [-0.15, -0.1) is 0 Å². The van der Waals surface area contributed by atoms with Crippen molar-refractivity contribution in [2.45, 2.75) is 26.3 Å². The van der Waals surface area contributed by atoms with Crippen LogP contribution in [0.5, 0.6) is 5.75 Å². The van der Waals surface area contributed by atoms with E-state index in [2.05, 4.69) is 20.2 Å². The molecular weight excluding hydrogens is 368 g/mol. The summed E-state index contributed by atoms with van der Waals surface area (Å²) < 4.78 is 29.8. The van der Waals surface area contributed by atoms with Crippen molar-refractivity contribution in [2.75, 3.05) is 11.5 Å². The van der Waals surface area contributed by atoms with Gasteiger partial charge < -0.3 is 4.74 Å². The van der Waals surface area contributed by atoms with Gasteiger partial charge in [0.05, 0.1) is 29.2 Å². The number of pyridine rings is 2. The van der Waals surface area contributed by atoms with Crippen molar-refractivity contribution in [2.24, 2.45) is 0 Å². The Morgan fingerprint density at radius 3 is 2.86 bits per heavy atom. The number of aromatic nitrogens is 4. The Hall–Kier alpha value is -3.36. The second-order valence-electron chi connectivity index (χ2n) is 6.48. The van der Waals surface area contributed by atoms with Gasteiger partial charge in [-0.05, 0) is 31.5 Å². The Morgan fingerprint density at radius 1 is 1.32 bits per heavy atom. The number of carbonyl (C=O) groups is 1. The molecule has 1 amide bonds. The molecule has 1 aliphatic heterocycles. The molecule has 0 aromatic carbocycles. The average molecular weight is 385 g/mol. The van der Waals surface area contributed by atoms with Gasteiger partial charge in [-0.1, -0.05) is 0 Å². The van der Waals surface area contributed by atoms with Crippen molar-refractivity contribution in [1.82, 2.24) is 20.2 Å². The lowest BCUT2D eigenvalue weighted by molar-refractivity contribution is 0.0817. The zero-order valence-electron chi connectivity index (χ0n) is 15.2. The highest BCUT2D eigenvalue weighted by molar-refractivity contribution is 6.11. The summed E-state index contributed by atoms with van der Waals surface area (Å²) in [6.45, 7) is 3.02. The Balaban J connectivity index is 1.71. The van der Waals surface area contributed by atoms with Crippen molar-refractivity contribution in [3.05, 3.63) is 53.6 Å². The molecule has 28 heavy (non-hydrogen) atoms. The fraction of sp³-hybridized carbons (Fsp3) is 0.263. The van der Waals surface area contributed by atoms with E-state index in [1.165, 1.54) is 6.20 Å². The van der Waals surface area contributed by atoms with Crippen LogP contribution < -0.4 is 9.64 Å². The zero-order chi connectivity index (χ0) is 19.8. The quantitative estimate of drug-likeness (QED) is 0.726. The number of hydrogen-bond donors (Lipinski definition) is 1. The molecule has 0 bridgehead atoms. The summed E-state index contributed by atoms with van der Waals surface area (Å²) in [6.07, 6.45) is 2.04. The third kappa shape index (κ3) is 3.08. The largest absolute Gasteiger partial charge is 0.486 e. The molecule has 0 saturated carbocycles. The predicted molar refractivity (Wildman–Crippen MR) is 97.5 cm³/mol. The van der Waals surface area contributed by atoms with Crippen molar-refractivity contribution in [3.8, 4) is 17.0 Å². The number of alkyl halides is 2. The lowest BCUT2D eigenvalue weighted by Gasteiger charge is -2.18. The Labute approximate surface area is 159 Å². The van der Waals surface area contributed by atoms with E-state index in [0.29, 0.717) is 28.3 Å². The third-order valence-corrected chi connectivity index (χ3v) is 4.58. The first-order valence-electron chi connectivity index (χ1n) is 8.67. The molecule has 9 heteroatoms. The maximum atomic E-state index is 12.9. The summed E-state index contributed by atoms with van der Waals surface area (Å²) in [7, 11) is 0. The number of nitrogens with one attached hydrogen (secondary N) is 1. The van der Waals surface area contributed by atoms with E-state index in [-0.39, 0.29) is 17.7 Å². The number of ether oxygens (including phenoxy) is 1. The number of fused-ring (bicyclic) bond motifs is 1. The molecule has 1 aliphatic rings. The van der Waals surface area contributed by atoms with Gasteiger partial charge >= 0.3 is 0 Å². The van der Waals surface area contributed by atoms with Gasteiger partial charge in [0.1, 0.15) is 12.4 Å². The number of H-pyrrole nitrogens is 1. The lowest BCUT2D eigenvalue weighted by atomic mass is 10.0. The van der Waals surface area contributed by atoms with Crippen LogP contribution in [0, 0.1) is 6.92 Å². The minimum atomic E-state index is -2.57. The predicted octanol–water partition coefficient (Wildman–Crippen LogP) is 3.54. The van der Waals surface area contributed by atoms with Gasteiger partial charge in [0.2, 0.25) is 0 Å². The molecule has 0 aliphatic carbocycles. The van der Waals surface area contributed by atoms with E-state index in [0.717, 1.165) is 5.56 Å². The number of nitrogens with zero attached hydrogens (tertiary/aromatic N) is 4. The Morgan fingerprint density at radius 2 is 2.14 bits per heavy atom. The van der Waals surface area contributed by atoms with Crippen LogP contribution in [0.3, 0.4) is 0 Å². The molecule has 3 aromatic rings. The number of rotatable bonds is 5. The first kappa shape index (κ1) is 18.0. The molecule has 3 aromatic heterocycles. The van der Waals surface area contributed by atoms with Gasteiger partial charge in [-0.2, -0.15) is 5.10 Å². The van der Waals surface area contributed by atoms with Crippen LogP contribution in [-0.2, 0) is 0 Å². The van der Waals surface area contributed by atoms with Crippen LogP contribution in [0.1, 0.15) is 34.6 Å². The number of amides is 1. The van der Waals surface area contributed by atoms with Crippen molar-refractivity contribution >= 4 is 11.7 Å². The average Bonchev–Trinajstić information content (AvgIpc) is 3.27. The maximum absolute atomic E-state index is 12.9. The molecule has 0 radical (unpaired) electrons. The molecule has 4 rings (SSSR count). The van der Waals surface area contributed by atoms with Crippen LogP contribution >= 0.6 is 0 Å². The summed E-state index contributed by atoms with van der Waals surface area (Å²) in [5.41, 5.74) is 3.18. The molecular formula is C19H17F2N5O2. The smallest absolute Gasteiger partial charge is 0.272 e. The number of halogens is 2. The normalized spacial score (nSPS) is 16.0. The zero-order valence-corrected chi connectivity index (χ0v) is 15.2. The number of aromatic amines is 1. The highest BCUT2D eigenvalue weighted by atomic mass is 19.3. The molecule has 1 atom stereocenters. The highest BCUT2D eigenvalue weighted by Gasteiger charge is 2.38. The minimum absolute atomic E-state index is 0.154. The van der Waals surface area contributed by atoms with Crippen LogP contribution in [0.2, 0.25) is 0 Å². The first-order valence-corrected chi connectivity index (χ1v) is 8.67. The van der Waals surface area contributed by atoms with Crippen LogP contribution in [0.25, 0.3) is 11.3 Å². The van der Waals surface area contributed by atoms with Gasteiger partial charge in [-0.3, -0.25) is 19.8 Å². The fourth-order valence-corrected chi connectivity index (χ4v) is 3.33. The maximum Gasteiger partial charge on any atom is 0.272 e. The van der Waals surface area contributed by atoms with E-state index in [4.69, 9.17) is 4.74 Å². The lowest BCUT2D eigenvalue weighted by Crippen LogP contribution is -2.26. The Kier molecular flexibility index (Phi) is 4.50. The monoisotopic (exact) mass is 385 g/mol. The summed E-state index contributed by atoms with van der Waals surface area (Å²) >= 11 is 0. The number of anilines is 1. The van der Waals surface area contributed by atoms with Gasteiger partial charge in [0.15, 0.2) is 5.82 Å². The van der Waals surface area contributed by atoms with E-state index in [1.807, 2.05) is 13.8 Å². The molecule has 1 unspecified atom stereocenters. The Bertz CT molecular complexity index is 1020. The fourth-order valence-electron chi connectivity index (χ4n) is 3.33. The van der Waals surface area contributed by atoms with E-state index < -0.39 is 13.0 Å². The van der Waals surface area contributed by atoms with E-state index in [9.17, 15) is 13.6 Å². The topological polar surface area (TPSA) is 84.0 Å². The molecule has 144 valence electrons. The van der Waals surface area contributed by atoms with Crippen molar-refractivity contribution in [3.63, 3.8) is 0 Å². The van der Waals surface area contributed by atoms with E-state index >= 15 is 0 Å². The summed E-state index contributed by atoms with van der Waals surface area (Å²) in [4.78, 5) is 23.2.